The van der Waals surface area contributed by atoms with E-state index in [0.717, 1.165) is 31.9 Å². The summed E-state index contributed by atoms with van der Waals surface area (Å²) in [5.74, 6) is 0.0736. The molecule has 7 heteroatoms. The monoisotopic (exact) mass is 402 g/mol. The van der Waals surface area contributed by atoms with Gasteiger partial charge in [0, 0.05) is 4.47 Å². The first kappa shape index (κ1) is 16.7. The first-order valence-corrected chi connectivity index (χ1v) is 9.06. The third-order valence-electron chi connectivity index (χ3n) is 3.30. The second kappa shape index (κ2) is 7.63. The summed E-state index contributed by atoms with van der Waals surface area (Å²) in [6, 6.07) is 15.5. The quantitative estimate of drug-likeness (QED) is 0.385. The van der Waals surface area contributed by atoms with Gasteiger partial charge in [-0.05, 0) is 36.8 Å². The summed E-state index contributed by atoms with van der Waals surface area (Å²) in [4.78, 5) is 19.5. The van der Waals surface area contributed by atoms with Crippen molar-refractivity contribution < 1.29 is 4.79 Å². The van der Waals surface area contributed by atoms with Crippen LogP contribution in [0.25, 0.3) is 11.0 Å². The average molecular weight is 403 g/mol. The van der Waals surface area contributed by atoms with E-state index in [1.165, 1.54) is 11.8 Å². The van der Waals surface area contributed by atoms with Gasteiger partial charge < -0.3 is 4.98 Å². The molecule has 3 aromatic rings. The summed E-state index contributed by atoms with van der Waals surface area (Å²) >= 11 is 4.77. The largest absolute Gasteiger partial charge is 0.333 e. The van der Waals surface area contributed by atoms with Crippen LogP contribution in [-0.2, 0) is 4.79 Å². The topological polar surface area (TPSA) is 70.1 Å². The van der Waals surface area contributed by atoms with E-state index in [4.69, 9.17) is 0 Å². The number of hydrazone groups is 1. The zero-order valence-corrected chi connectivity index (χ0v) is 15.3. The summed E-state index contributed by atoms with van der Waals surface area (Å²) in [6.45, 7) is 1.86. The molecule has 5 nitrogen and oxygen atoms in total. The smallest absolute Gasteiger partial charge is 0.250 e. The Bertz CT molecular complexity index is 873. The minimum absolute atomic E-state index is 0.171. The highest BCUT2D eigenvalue weighted by Crippen LogP contribution is 2.18. The van der Waals surface area contributed by atoms with E-state index in [-0.39, 0.29) is 11.7 Å². The van der Waals surface area contributed by atoms with Gasteiger partial charge in [0.1, 0.15) is 0 Å². The van der Waals surface area contributed by atoms with Crippen LogP contribution in [0.5, 0.6) is 0 Å². The summed E-state index contributed by atoms with van der Waals surface area (Å²) in [6.07, 6.45) is 0. The van der Waals surface area contributed by atoms with Gasteiger partial charge in [0.15, 0.2) is 5.16 Å². The molecule has 0 saturated heterocycles. The number of rotatable bonds is 5. The maximum absolute atomic E-state index is 11.9. The SMILES string of the molecule is C/C(=N/NC(=O)CSc1nc2ccccc2[nH]1)c1cccc(Br)c1. The van der Waals surface area contributed by atoms with Gasteiger partial charge in [0.2, 0.25) is 0 Å². The Hall–Kier alpha value is -2.12. The number of nitrogens with zero attached hydrogens (tertiary/aromatic N) is 2. The van der Waals surface area contributed by atoms with Crippen LogP contribution in [0.15, 0.2) is 63.3 Å². The molecule has 1 heterocycles. The third kappa shape index (κ3) is 4.24. The van der Waals surface area contributed by atoms with Crippen molar-refractivity contribution in [1.29, 1.82) is 0 Å². The second-order valence-electron chi connectivity index (χ2n) is 5.09. The second-order valence-corrected chi connectivity index (χ2v) is 6.97. The zero-order chi connectivity index (χ0) is 16.9. The number of aromatic amines is 1. The maximum atomic E-state index is 11.9. The first-order chi connectivity index (χ1) is 11.6. The maximum Gasteiger partial charge on any atom is 0.250 e. The van der Waals surface area contributed by atoms with Crippen LogP contribution >= 0.6 is 27.7 Å². The van der Waals surface area contributed by atoms with Crippen LogP contribution in [0.1, 0.15) is 12.5 Å². The number of carbonyl (C=O) groups excluding carboxylic acids is 1. The predicted octanol–water partition coefficient (Wildman–Crippen LogP) is 3.96. The van der Waals surface area contributed by atoms with Crippen molar-refractivity contribution in [2.45, 2.75) is 12.1 Å². The van der Waals surface area contributed by atoms with Crippen LogP contribution in [0.4, 0.5) is 0 Å². The molecule has 0 bridgehead atoms. The van der Waals surface area contributed by atoms with Crippen LogP contribution in [0, 0.1) is 0 Å². The molecular weight excluding hydrogens is 388 g/mol. The van der Waals surface area contributed by atoms with Crippen molar-refractivity contribution in [3.8, 4) is 0 Å². The number of benzene rings is 2. The summed E-state index contributed by atoms with van der Waals surface area (Å²) < 4.78 is 0.973. The van der Waals surface area contributed by atoms with Crippen molar-refractivity contribution in [1.82, 2.24) is 15.4 Å². The minimum atomic E-state index is -0.171. The van der Waals surface area contributed by atoms with E-state index >= 15 is 0 Å². The lowest BCUT2D eigenvalue weighted by atomic mass is 10.1. The third-order valence-corrected chi connectivity index (χ3v) is 4.66. The lowest BCUT2D eigenvalue weighted by molar-refractivity contribution is -0.118. The van der Waals surface area contributed by atoms with Gasteiger partial charge in [0.25, 0.3) is 5.91 Å². The normalized spacial score (nSPS) is 11.7. The standard InChI is InChI=1S/C17H15BrN4OS/c1-11(12-5-4-6-13(18)9-12)21-22-16(23)10-24-17-19-14-7-2-3-8-15(14)20-17/h2-9H,10H2,1H3,(H,19,20)(H,22,23)/b21-11-. The Kier molecular flexibility index (Phi) is 5.32. The van der Waals surface area contributed by atoms with Gasteiger partial charge in [0.05, 0.1) is 22.5 Å². The number of aromatic nitrogens is 2. The molecule has 0 radical (unpaired) electrons. The van der Waals surface area contributed by atoms with Crippen molar-refractivity contribution in [2.75, 3.05) is 5.75 Å². The van der Waals surface area contributed by atoms with Crippen LogP contribution in [0.2, 0.25) is 0 Å². The lowest BCUT2D eigenvalue weighted by Crippen LogP contribution is -2.21. The molecule has 0 atom stereocenters. The van der Waals surface area contributed by atoms with Gasteiger partial charge in [-0.15, -0.1) is 0 Å². The summed E-state index contributed by atoms with van der Waals surface area (Å²) in [5, 5.41) is 4.86. The van der Waals surface area contributed by atoms with Gasteiger partial charge in [-0.25, -0.2) is 10.4 Å². The average Bonchev–Trinajstić information content (AvgIpc) is 3.00. The number of para-hydroxylation sites is 2. The highest BCUT2D eigenvalue weighted by atomic mass is 79.9. The Morgan fingerprint density at radius 2 is 2.12 bits per heavy atom. The van der Waals surface area contributed by atoms with Gasteiger partial charge in [-0.1, -0.05) is 52.0 Å². The van der Waals surface area contributed by atoms with Gasteiger partial charge in [-0.2, -0.15) is 5.10 Å². The fraction of sp³-hybridized carbons (Fsp3) is 0.118. The van der Waals surface area contributed by atoms with E-state index in [2.05, 4.69) is 36.4 Å². The molecule has 122 valence electrons. The molecule has 3 rings (SSSR count). The summed E-state index contributed by atoms with van der Waals surface area (Å²) in [5.41, 5.74) is 6.13. The fourth-order valence-corrected chi connectivity index (χ4v) is 3.16. The number of carbonyl (C=O) groups is 1. The molecule has 0 saturated carbocycles. The molecule has 0 fully saturated rings. The van der Waals surface area contributed by atoms with Gasteiger partial charge in [-0.3, -0.25) is 4.79 Å². The van der Waals surface area contributed by atoms with Gasteiger partial charge >= 0.3 is 0 Å². The number of nitrogens with one attached hydrogen (secondary N) is 2. The molecule has 2 aromatic carbocycles. The van der Waals surface area contributed by atoms with Crippen LogP contribution in [0.3, 0.4) is 0 Å². The number of hydrogen-bond donors (Lipinski definition) is 2. The Balaban J connectivity index is 1.56. The number of halogens is 1. The molecule has 1 amide bonds. The molecule has 0 aliphatic carbocycles. The molecule has 0 aliphatic rings. The Labute approximate surface area is 152 Å². The highest BCUT2D eigenvalue weighted by Gasteiger charge is 2.07. The minimum Gasteiger partial charge on any atom is -0.333 e. The Morgan fingerprint density at radius 3 is 2.92 bits per heavy atom. The predicted molar refractivity (Wildman–Crippen MR) is 101 cm³/mol. The van der Waals surface area contributed by atoms with E-state index in [1.54, 1.807) is 0 Å². The number of thioether (sulfide) groups is 1. The molecular formula is C17H15BrN4OS. The van der Waals surface area contributed by atoms with Crippen molar-refractivity contribution >= 4 is 50.3 Å². The molecule has 0 aliphatic heterocycles. The van der Waals surface area contributed by atoms with E-state index in [0.29, 0.717) is 0 Å². The Morgan fingerprint density at radius 1 is 1.29 bits per heavy atom. The molecule has 2 N–H and O–H groups in total. The lowest BCUT2D eigenvalue weighted by Gasteiger charge is -2.03. The number of fused-ring (bicyclic) bond motifs is 1. The van der Waals surface area contributed by atoms with Crippen LogP contribution in [-0.4, -0.2) is 27.3 Å². The number of hydrogen-bond acceptors (Lipinski definition) is 4. The first-order valence-electron chi connectivity index (χ1n) is 7.28. The van der Waals surface area contributed by atoms with Crippen molar-refractivity contribution in [2.24, 2.45) is 5.10 Å². The fourth-order valence-electron chi connectivity index (χ4n) is 2.09. The van der Waals surface area contributed by atoms with E-state index in [9.17, 15) is 4.79 Å². The van der Waals surface area contributed by atoms with E-state index in [1.807, 2.05) is 55.5 Å². The molecule has 0 unspecified atom stereocenters. The van der Waals surface area contributed by atoms with E-state index < -0.39 is 0 Å². The zero-order valence-electron chi connectivity index (χ0n) is 12.9. The molecule has 0 spiro atoms. The highest BCUT2D eigenvalue weighted by molar-refractivity contribution is 9.10. The molecule has 1 aromatic heterocycles. The number of H-pyrrole nitrogens is 1. The van der Waals surface area contributed by atoms with Crippen LogP contribution < -0.4 is 5.43 Å². The number of amides is 1. The van der Waals surface area contributed by atoms with Crippen molar-refractivity contribution in [3.05, 3.63) is 58.6 Å². The molecule has 24 heavy (non-hydrogen) atoms. The van der Waals surface area contributed by atoms with Crippen molar-refractivity contribution in [3.63, 3.8) is 0 Å². The number of imidazole rings is 1. The summed E-state index contributed by atoms with van der Waals surface area (Å²) in [7, 11) is 0.